The minimum Gasteiger partial charge on any atom is -0.462 e. The van der Waals surface area contributed by atoms with Crippen LogP contribution in [-0.2, 0) is 37.5 Å². The molecule has 11 nitrogen and oxygen atoms in total. The second-order valence-electron chi connectivity index (χ2n) is 18.9. The molecular formula is C52H93NO10P+. The van der Waals surface area contributed by atoms with Crippen LogP contribution in [-0.4, -0.2) is 91.9 Å². The molecule has 0 amide bonds. The van der Waals surface area contributed by atoms with Gasteiger partial charge in [0.25, 0.3) is 0 Å². The van der Waals surface area contributed by atoms with Gasteiger partial charge in [-0.3, -0.25) is 23.4 Å². The van der Waals surface area contributed by atoms with E-state index in [1.807, 2.05) is 45.4 Å². The molecule has 1 rings (SSSR count). The molecule has 0 radical (unpaired) electrons. The summed E-state index contributed by atoms with van der Waals surface area (Å²) in [5.74, 6) is -1.14. The zero-order valence-corrected chi connectivity index (χ0v) is 42.0. The highest BCUT2D eigenvalue weighted by molar-refractivity contribution is 7.47. The van der Waals surface area contributed by atoms with Crippen molar-refractivity contribution in [1.29, 1.82) is 0 Å². The number of phosphoric ester groups is 1. The molecule has 64 heavy (non-hydrogen) atoms. The minimum absolute atomic E-state index is 0.000908. The predicted octanol–water partition coefficient (Wildman–Crippen LogP) is 12.6. The van der Waals surface area contributed by atoms with Crippen molar-refractivity contribution in [3.63, 3.8) is 0 Å². The number of unbranched alkanes of at least 4 members (excludes halogenated alkanes) is 20. The van der Waals surface area contributed by atoms with Crippen LogP contribution in [0.15, 0.2) is 48.6 Å². The number of aliphatic hydroxyl groups excluding tert-OH is 1. The summed E-state index contributed by atoms with van der Waals surface area (Å²) in [5.41, 5.74) is 0. The molecule has 1 aliphatic rings. The van der Waals surface area contributed by atoms with Crippen LogP contribution in [0, 0.1) is 11.8 Å². The maximum absolute atomic E-state index is 12.8. The number of phosphoric acid groups is 1. The highest BCUT2D eigenvalue weighted by Crippen LogP contribution is 2.43. The molecule has 0 aromatic carbocycles. The second-order valence-corrected chi connectivity index (χ2v) is 20.3. The summed E-state index contributed by atoms with van der Waals surface area (Å²) in [5, 5.41) is 10.2. The molecule has 2 N–H and O–H groups in total. The van der Waals surface area contributed by atoms with Gasteiger partial charge in [-0.25, -0.2) is 4.57 Å². The SMILES string of the molecule is CCCCCCCC/C=C\CCCCCCCCCCCCCC(=O)O[C@H](COC(=O)CCC/C=C\C[C@H]1C=CC(=O)[C@@H]1/C=C/[C@@H](O)CCCCC)COP(=O)(O)OCC[N+](C)(C)C. The van der Waals surface area contributed by atoms with Gasteiger partial charge >= 0.3 is 19.8 Å². The molecule has 1 unspecified atom stereocenters. The number of hydrogen-bond acceptors (Lipinski definition) is 9. The Balaban J connectivity index is 2.36. The van der Waals surface area contributed by atoms with Crippen molar-refractivity contribution in [2.24, 2.45) is 11.8 Å². The third-order valence-electron chi connectivity index (χ3n) is 11.6. The number of allylic oxidation sites excluding steroid dienone is 7. The maximum atomic E-state index is 12.8. The summed E-state index contributed by atoms with van der Waals surface area (Å²) < 4.78 is 34.4. The van der Waals surface area contributed by atoms with E-state index >= 15 is 0 Å². The monoisotopic (exact) mass is 923 g/mol. The molecule has 12 heteroatoms. The van der Waals surface area contributed by atoms with E-state index in [1.54, 1.807) is 12.2 Å². The number of hydrogen-bond donors (Lipinski definition) is 2. The fourth-order valence-corrected chi connectivity index (χ4v) is 8.21. The maximum Gasteiger partial charge on any atom is 0.472 e. The lowest BCUT2D eigenvalue weighted by molar-refractivity contribution is -0.870. The highest BCUT2D eigenvalue weighted by Gasteiger charge is 2.28. The number of quaternary nitrogens is 1. The topological polar surface area (TPSA) is 146 Å². The van der Waals surface area contributed by atoms with Crippen LogP contribution < -0.4 is 0 Å². The van der Waals surface area contributed by atoms with Gasteiger partial charge in [-0.1, -0.05) is 166 Å². The first kappa shape index (κ1) is 59.6. The van der Waals surface area contributed by atoms with Gasteiger partial charge in [-0.15, -0.1) is 0 Å². The average Bonchev–Trinajstić information content (AvgIpc) is 3.60. The number of ether oxygens (including phenoxy) is 2. The van der Waals surface area contributed by atoms with Gasteiger partial charge in [0.2, 0.25) is 0 Å². The fraction of sp³-hybridized carbons (Fsp3) is 0.788. The number of ketones is 1. The van der Waals surface area contributed by atoms with Crippen LogP contribution in [0.1, 0.15) is 194 Å². The zero-order valence-electron chi connectivity index (χ0n) is 41.1. The van der Waals surface area contributed by atoms with Crippen LogP contribution in [0.3, 0.4) is 0 Å². The Labute approximate surface area is 390 Å². The van der Waals surface area contributed by atoms with Crippen LogP contribution in [0.4, 0.5) is 0 Å². The van der Waals surface area contributed by atoms with Crippen LogP contribution in [0.2, 0.25) is 0 Å². The largest absolute Gasteiger partial charge is 0.472 e. The van der Waals surface area contributed by atoms with Crippen molar-refractivity contribution in [2.75, 3.05) is 47.5 Å². The minimum atomic E-state index is -4.43. The predicted molar refractivity (Wildman–Crippen MR) is 261 cm³/mol. The Morgan fingerprint density at radius 2 is 1.23 bits per heavy atom. The van der Waals surface area contributed by atoms with Gasteiger partial charge in [0.05, 0.1) is 33.9 Å². The molecule has 0 bridgehead atoms. The van der Waals surface area contributed by atoms with Crippen molar-refractivity contribution in [3.8, 4) is 0 Å². The Kier molecular flexibility index (Phi) is 36.0. The van der Waals surface area contributed by atoms with E-state index in [0.717, 1.165) is 38.5 Å². The second kappa shape index (κ2) is 38.7. The Bertz CT molecular complexity index is 1370. The smallest absolute Gasteiger partial charge is 0.462 e. The normalized spacial score (nSPS) is 17.5. The summed E-state index contributed by atoms with van der Waals surface area (Å²) in [6.07, 6.45) is 43.6. The number of carbonyl (C=O) groups is 3. The highest BCUT2D eigenvalue weighted by atomic mass is 31.2. The van der Waals surface area contributed by atoms with Crippen molar-refractivity contribution in [2.45, 2.75) is 206 Å². The molecule has 0 fully saturated rings. The summed E-state index contributed by atoms with van der Waals surface area (Å²) in [4.78, 5) is 48.1. The molecule has 0 aromatic heterocycles. The van der Waals surface area contributed by atoms with Crippen molar-refractivity contribution < 1.29 is 52.0 Å². The number of carbonyl (C=O) groups excluding carboxylic acids is 3. The first-order valence-corrected chi connectivity index (χ1v) is 26.9. The Morgan fingerprint density at radius 3 is 1.84 bits per heavy atom. The third-order valence-corrected chi connectivity index (χ3v) is 12.6. The van der Waals surface area contributed by atoms with E-state index in [-0.39, 0.29) is 43.7 Å². The van der Waals surface area contributed by atoms with Gasteiger partial charge in [-0.05, 0) is 69.8 Å². The van der Waals surface area contributed by atoms with E-state index in [1.165, 1.54) is 96.3 Å². The lowest BCUT2D eigenvalue weighted by atomic mass is 9.90. The van der Waals surface area contributed by atoms with Crippen molar-refractivity contribution in [3.05, 3.63) is 48.6 Å². The summed E-state index contributed by atoms with van der Waals surface area (Å²) in [7, 11) is 1.37. The van der Waals surface area contributed by atoms with E-state index < -0.39 is 38.6 Å². The molecule has 0 saturated heterocycles. The standard InChI is InChI=1S/C52H92NO10P/c1-6-8-10-11-12-13-14-15-16-17-18-19-20-21-22-23-24-25-26-27-33-37-52(57)63-48(45-62-64(58,59)61-43-42-53(3,4)5)44-60-51(56)36-32-29-28-31-34-46-38-41-50(55)49(46)40-39-47(54)35-30-9-7-2/h15-16,28,31,38-41,46-49,54H,6-14,17-27,29-30,32-37,42-45H2,1-5H3/p+1/b16-15-,31-28-,40-39+/t46-,47-,48+,49+/m0/s1. The summed E-state index contributed by atoms with van der Waals surface area (Å²) in [6, 6.07) is 0. The Hall–Kier alpha value is -2.40. The van der Waals surface area contributed by atoms with Gasteiger partial charge < -0.3 is 24.0 Å². The molecule has 0 aliphatic heterocycles. The van der Waals surface area contributed by atoms with Crippen LogP contribution >= 0.6 is 7.82 Å². The molecule has 370 valence electrons. The molecule has 0 aromatic rings. The number of nitrogens with zero attached hydrogens (tertiary/aromatic N) is 1. The van der Waals surface area contributed by atoms with E-state index in [2.05, 4.69) is 26.0 Å². The zero-order chi connectivity index (χ0) is 47.2. The lowest BCUT2D eigenvalue weighted by Crippen LogP contribution is -2.37. The van der Waals surface area contributed by atoms with E-state index in [4.69, 9.17) is 18.5 Å². The summed E-state index contributed by atoms with van der Waals surface area (Å²) in [6.45, 7) is 4.11. The average molecular weight is 923 g/mol. The lowest BCUT2D eigenvalue weighted by Gasteiger charge is -2.24. The van der Waals surface area contributed by atoms with E-state index in [9.17, 15) is 28.9 Å². The van der Waals surface area contributed by atoms with Gasteiger partial charge in [-0.2, -0.15) is 0 Å². The first-order valence-electron chi connectivity index (χ1n) is 25.4. The van der Waals surface area contributed by atoms with Gasteiger partial charge in [0.1, 0.15) is 19.8 Å². The van der Waals surface area contributed by atoms with Crippen molar-refractivity contribution >= 4 is 25.5 Å². The van der Waals surface area contributed by atoms with E-state index in [0.29, 0.717) is 43.1 Å². The van der Waals surface area contributed by atoms with Gasteiger partial charge in [0.15, 0.2) is 11.9 Å². The molecule has 1 aliphatic carbocycles. The number of esters is 2. The number of likely N-dealkylation sites (N-methyl/N-ethyl adjacent to an activating group) is 1. The molecular weight excluding hydrogens is 830 g/mol. The molecule has 0 spiro atoms. The third kappa shape index (κ3) is 35.8. The van der Waals surface area contributed by atoms with Gasteiger partial charge in [0, 0.05) is 18.8 Å². The summed E-state index contributed by atoms with van der Waals surface area (Å²) >= 11 is 0. The van der Waals surface area contributed by atoms with Crippen LogP contribution in [0.5, 0.6) is 0 Å². The number of rotatable bonds is 43. The Morgan fingerprint density at radius 1 is 0.703 bits per heavy atom. The fourth-order valence-electron chi connectivity index (χ4n) is 7.47. The number of aliphatic hydroxyl groups is 1. The van der Waals surface area contributed by atoms with Crippen molar-refractivity contribution in [1.82, 2.24) is 0 Å². The first-order chi connectivity index (χ1) is 30.8. The quantitative estimate of drug-likeness (QED) is 0.0199. The molecule has 0 saturated carbocycles. The molecule has 5 atom stereocenters. The van der Waals surface area contributed by atoms with Crippen LogP contribution in [0.25, 0.3) is 0 Å². The molecule has 0 heterocycles.